The summed E-state index contributed by atoms with van der Waals surface area (Å²) in [4.78, 5) is 34.0. The van der Waals surface area contributed by atoms with E-state index >= 15 is 0 Å². The van der Waals surface area contributed by atoms with Crippen LogP contribution in [0.4, 0.5) is 0 Å². The number of carboxylic acid groups (broad SMARTS) is 1. The van der Waals surface area contributed by atoms with Gasteiger partial charge in [-0.05, 0) is 12.8 Å². The molecular weight excluding hydrogens is 280 g/mol. The number of unbranched alkanes of at least 4 members (excludes halogenated alkanes) is 2. The highest BCUT2D eigenvalue weighted by Crippen LogP contribution is 2.19. The molecule has 0 rings (SSSR count). The van der Waals surface area contributed by atoms with Crippen LogP contribution in [0.5, 0.6) is 0 Å². The van der Waals surface area contributed by atoms with Crippen molar-refractivity contribution in [2.24, 2.45) is 0 Å². The summed E-state index contributed by atoms with van der Waals surface area (Å²) in [5.74, 6) is -3.64. The summed E-state index contributed by atoms with van der Waals surface area (Å²) in [5, 5.41) is 20.7. The molecule has 0 spiro atoms. The second-order valence-corrected chi connectivity index (χ2v) is 4.82. The molecule has 0 saturated carbocycles. The molecule has 0 aliphatic rings. The monoisotopic (exact) mass is 303 g/mol. The molecule has 1 unspecified atom stereocenters. The predicted octanol–water partition coefficient (Wildman–Crippen LogP) is -0.0658. The lowest BCUT2D eigenvalue weighted by molar-refractivity contribution is -0.309. The fraction of sp³-hybridized carbons (Fsp3) is 0.786. The average molecular weight is 303 g/mol. The van der Waals surface area contributed by atoms with Crippen LogP contribution in [-0.2, 0) is 23.9 Å². The van der Waals surface area contributed by atoms with Crippen molar-refractivity contribution in [3.05, 3.63) is 0 Å². The van der Waals surface area contributed by atoms with Crippen molar-refractivity contribution in [1.29, 1.82) is 0 Å². The van der Waals surface area contributed by atoms with Crippen molar-refractivity contribution in [2.75, 3.05) is 13.2 Å². The topological polar surface area (TPSA) is 113 Å². The molecule has 0 aliphatic heterocycles. The van der Waals surface area contributed by atoms with Crippen LogP contribution >= 0.6 is 0 Å². The van der Waals surface area contributed by atoms with E-state index in [1.165, 1.54) is 0 Å². The normalized spacial score (nSPS) is 13.3. The molecule has 7 nitrogen and oxygen atoms in total. The molecule has 0 bridgehead atoms. The maximum atomic E-state index is 11.8. The van der Waals surface area contributed by atoms with Gasteiger partial charge in [-0.25, -0.2) is 4.79 Å². The van der Waals surface area contributed by atoms with E-state index in [9.17, 15) is 24.6 Å². The lowest BCUT2D eigenvalue weighted by Gasteiger charge is -2.25. The highest BCUT2D eigenvalue weighted by atomic mass is 16.6. The lowest BCUT2D eigenvalue weighted by Crippen LogP contribution is -2.47. The Morgan fingerprint density at radius 3 is 2.00 bits per heavy atom. The van der Waals surface area contributed by atoms with Crippen LogP contribution in [0.3, 0.4) is 0 Å². The molecule has 1 N–H and O–H groups in total. The third kappa shape index (κ3) is 8.29. The Bertz CT molecular complexity index is 353. The summed E-state index contributed by atoms with van der Waals surface area (Å²) in [6, 6.07) is 0. The summed E-state index contributed by atoms with van der Waals surface area (Å²) < 4.78 is 9.60. The molecule has 0 amide bonds. The summed E-state index contributed by atoms with van der Waals surface area (Å²) in [5.41, 5.74) is -2.45. The standard InChI is InChI=1S/C14H24O7/c1-3-5-7-20-12(17)10-14(19,9-11(15)16)13(18)21-8-6-4-2/h19H,3-10H2,1-2H3,(H,15,16)/p-1. The lowest BCUT2D eigenvalue weighted by atomic mass is 9.95. The number of hydrogen-bond donors (Lipinski definition) is 1. The third-order valence-corrected chi connectivity index (χ3v) is 2.75. The summed E-state index contributed by atoms with van der Waals surface area (Å²) in [6.45, 7) is 3.99. The van der Waals surface area contributed by atoms with Gasteiger partial charge in [-0.15, -0.1) is 0 Å². The zero-order valence-electron chi connectivity index (χ0n) is 12.6. The van der Waals surface area contributed by atoms with E-state index in [1.807, 2.05) is 13.8 Å². The first kappa shape index (κ1) is 19.4. The first-order valence-corrected chi connectivity index (χ1v) is 7.10. The minimum absolute atomic E-state index is 0.0512. The number of carboxylic acids is 1. The predicted molar refractivity (Wildman–Crippen MR) is 70.9 cm³/mol. The average Bonchev–Trinajstić information content (AvgIpc) is 2.38. The number of carbonyl (C=O) groups is 3. The number of hydrogen-bond acceptors (Lipinski definition) is 7. The Morgan fingerprint density at radius 1 is 1.00 bits per heavy atom. The molecule has 0 aromatic heterocycles. The van der Waals surface area contributed by atoms with E-state index in [0.29, 0.717) is 12.8 Å². The fourth-order valence-corrected chi connectivity index (χ4v) is 1.51. The number of rotatable bonds is 11. The number of esters is 2. The minimum atomic E-state index is -2.45. The van der Waals surface area contributed by atoms with Crippen LogP contribution in [-0.4, -0.2) is 41.8 Å². The first-order valence-electron chi connectivity index (χ1n) is 7.10. The SMILES string of the molecule is CCCCOC(=O)CC(O)(CC(=O)[O-])C(=O)OCCCC. The second-order valence-electron chi connectivity index (χ2n) is 4.82. The second kappa shape index (κ2) is 10.1. The maximum absolute atomic E-state index is 11.8. The summed E-state index contributed by atoms with van der Waals surface area (Å²) in [6.07, 6.45) is 1.02. The Morgan fingerprint density at radius 2 is 1.52 bits per heavy atom. The fourth-order valence-electron chi connectivity index (χ4n) is 1.51. The van der Waals surface area contributed by atoms with Crippen LogP contribution in [0.15, 0.2) is 0 Å². The van der Waals surface area contributed by atoms with E-state index in [1.54, 1.807) is 0 Å². The smallest absolute Gasteiger partial charge is 0.339 e. The van der Waals surface area contributed by atoms with Crippen LogP contribution in [0, 0.1) is 0 Å². The van der Waals surface area contributed by atoms with Crippen LogP contribution < -0.4 is 5.11 Å². The minimum Gasteiger partial charge on any atom is -0.550 e. The molecular formula is C14H23O7-. The van der Waals surface area contributed by atoms with Gasteiger partial charge in [0.1, 0.15) is 0 Å². The quantitative estimate of drug-likeness (QED) is 0.420. The Balaban J connectivity index is 4.62. The van der Waals surface area contributed by atoms with Gasteiger partial charge < -0.3 is 24.5 Å². The van der Waals surface area contributed by atoms with Crippen molar-refractivity contribution >= 4 is 17.9 Å². The number of carbonyl (C=O) groups excluding carboxylic acids is 3. The molecule has 0 radical (unpaired) electrons. The van der Waals surface area contributed by atoms with Gasteiger partial charge in [0.05, 0.1) is 19.6 Å². The van der Waals surface area contributed by atoms with Gasteiger partial charge in [-0.3, -0.25) is 4.79 Å². The van der Waals surface area contributed by atoms with Crippen LogP contribution in [0.25, 0.3) is 0 Å². The van der Waals surface area contributed by atoms with E-state index < -0.39 is 36.4 Å². The maximum Gasteiger partial charge on any atom is 0.339 e. The van der Waals surface area contributed by atoms with Gasteiger partial charge in [0.15, 0.2) is 5.60 Å². The molecule has 0 aromatic carbocycles. The molecule has 0 heterocycles. The van der Waals surface area contributed by atoms with Gasteiger partial charge in [-0.1, -0.05) is 26.7 Å². The summed E-state index contributed by atoms with van der Waals surface area (Å²) in [7, 11) is 0. The highest BCUT2D eigenvalue weighted by molar-refractivity contribution is 5.89. The molecule has 7 heteroatoms. The first-order chi connectivity index (χ1) is 9.85. The molecule has 0 aliphatic carbocycles. The van der Waals surface area contributed by atoms with E-state index in [0.717, 1.165) is 12.8 Å². The van der Waals surface area contributed by atoms with Crippen molar-refractivity contribution in [3.8, 4) is 0 Å². The van der Waals surface area contributed by atoms with Crippen molar-refractivity contribution in [1.82, 2.24) is 0 Å². The Hall–Kier alpha value is -1.63. The molecule has 21 heavy (non-hydrogen) atoms. The molecule has 0 aromatic rings. The van der Waals surface area contributed by atoms with Gasteiger partial charge >= 0.3 is 11.9 Å². The highest BCUT2D eigenvalue weighted by Gasteiger charge is 2.40. The van der Waals surface area contributed by atoms with Gasteiger partial charge in [-0.2, -0.15) is 0 Å². The van der Waals surface area contributed by atoms with Crippen LogP contribution in [0.2, 0.25) is 0 Å². The number of ether oxygens (including phenoxy) is 2. The van der Waals surface area contributed by atoms with Crippen molar-refractivity contribution < 1.29 is 34.1 Å². The van der Waals surface area contributed by atoms with Gasteiger partial charge in [0, 0.05) is 12.4 Å². The van der Waals surface area contributed by atoms with Gasteiger partial charge in [0.25, 0.3) is 0 Å². The van der Waals surface area contributed by atoms with Crippen molar-refractivity contribution in [3.63, 3.8) is 0 Å². The zero-order valence-corrected chi connectivity index (χ0v) is 12.6. The molecule has 1 atom stereocenters. The zero-order chi connectivity index (χ0) is 16.3. The van der Waals surface area contributed by atoms with E-state index in [2.05, 4.69) is 0 Å². The molecule has 0 fully saturated rings. The Labute approximate surface area is 124 Å². The van der Waals surface area contributed by atoms with Crippen LogP contribution in [0.1, 0.15) is 52.4 Å². The van der Waals surface area contributed by atoms with E-state index in [-0.39, 0.29) is 13.2 Å². The largest absolute Gasteiger partial charge is 0.550 e. The summed E-state index contributed by atoms with van der Waals surface area (Å²) >= 11 is 0. The van der Waals surface area contributed by atoms with Gasteiger partial charge in [0.2, 0.25) is 0 Å². The molecule has 0 saturated heterocycles. The van der Waals surface area contributed by atoms with Crippen molar-refractivity contribution in [2.45, 2.75) is 58.0 Å². The Kier molecular flexibility index (Phi) is 9.36. The van der Waals surface area contributed by atoms with E-state index in [4.69, 9.17) is 9.47 Å². The number of aliphatic carboxylic acids is 1. The third-order valence-electron chi connectivity index (χ3n) is 2.75. The molecule has 122 valence electrons. The number of aliphatic hydroxyl groups is 1.